The molecule has 0 bridgehead atoms. The molecular formula is C22H36N2O4. The zero-order valence-corrected chi connectivity index (χ0v) is 17.0. The molecule has 0 saturated carbocycles. The monoisotopic (exact) mass is 392 g/mol. The van der Waals surface area contributed by atoms with Gasteiger partial charge in [0.25, 0.3) is 0 Å². The molecule has 1 unspecified atom stereocenters. The zero-order valence-electron chi connectivity index (χ0n) is 17.0. The number of hydrogen-bond acceptors (Lipinski definition) is 6. The van der Waals surface area contributed by atoms with E-state index in [0.29, 0.717) is 0 Å². The van der Waals surface area contributed by atoms with E-state index in [1.165, 1.54) is 5.56 Å². The molecule has 3 rings (SSSR count). The molecule has 2 N–H and O–H groups in total. The van der Waals surface area contributed by atoms with E-state index in [1.54, 1.807) is 0 Å². The predicted octanol–water partition coefficient (Wildman–Crippen LogP) is 1.74. The maximum atomic E-state index is 9.80. The first-order valence-electron chi connectivity index (χ1n) is 10.8. The van der Waals surface area contributed by atoms with Crippen LogP contribution in [0.5, 0.6) is 5.75 Å². The summed E-state index contributed by atoms with van der Waals surface area (Å²) in [5.74, 6) is 1.18. The SMILES string of the molecule is OCC(O)C1CCN(Cc2cccc(OCCCCN3CCOCC3)c2)CC1. The second-order valence-electron chi connectivity index (χ2n) is 8.02. The summed E-state index contributed by atoms with van der Waals surface area (Å²) >= 11 is 0. The summed E-state index contributed by atoms with van der Waals surface area (Å²) < 4.78 is 11.3. The van der Waals surface area contributed by atoms with Gasteiger partial charge in [-0.1, -0.05) is 12.1 Å². The zero-order chi connectivity index (χ0) is 19.6. The van der Waals surface area contributed by atoms with Gasteiger partial charge in [0.1, 0.15) is 5.75 Å². The first-order chi connectivity index (χ1) is 13.7. The summed E-state index contributed by atoms with van der Waals surface area (Å²) in [6.07, 6.45) is 3.56. The van der Waals surface area contributed by atoms with Gasteiger partial charge in [-0.3, -0.25) is 9.80 Å². The van der Waals surface area contributed by atoms with E-state index in [9.17, 15) is 5.11 Å². The number of aliphatic hydroxyl groups excluding tert-OH is 2. The van der Waals surface area contributed by atoms with Crippen LogP contribution in [-0.4, -0.2) is 85.3 Å². The molecule has 0 amide bonds. The molecule has 1 aromatic carbocycles. The average molecular weight is 393 g/mol. The number of piperidine rings is 1. The normalized spacial score (nSPS) is 20.9. The van der Waals surface area contributed by atoms with Crippen molar-refractivity contribution in [1.29, 1.82) is 0 Å². The largest absolute Gasteiger partial charge is 0.494 e. The molecule has 1 aromatic rings. The van der Waals surface area contributed by atoms with E-state index in [2.05, 4.69) is 28.0 Å². The molecule has 2 aliphatic heterocycles. The van der Waals surface area contributed by atoms with Gasteiger partial charge in [0.15, 0.2) is 0 Å². The van der Waals surface area contributed by atoms with Crippen LogP contribution < -0.4 is 4.74 Å². The smallest absolute Gasteiger partial charge is 0.119 e. The highest BCUT2D eigenvalue weighted by Crippen LogP contribution is 2.23. The molecule has 2 aliphatic rings. The Hall–Kier alpha value is -1.18. The third-order valence-corrected chi connectivity index (χ3v) is 5.91. The fourth-order valence-electron chi connectivity index (χ4n) is 4.09. The van der Waals surface area contributed by atoms with Crippen molar-refractivity contribution in [2.24, 2.45) is 5.92 Å². The van der Waals surface area contributed by atoms with Crippen LogP contribution in [0.1, 0.15) is 31.2 Å². The highest BCUT2D eigenvalue weighted by Gasteiger charge is 2.24. The number of rotatable bonds is 10. The minimum absolute atomic E-state index is 0.128. The van der Waals surface area contributed by atoms with E-state index in [4.69, 9.17) is 14.6 Å². The van der Waals surface area contributed by atoms with E-state index in [0.717, 1.165) is 90.5 Å². The molecule has 2 heterocycles. The molecule has 2 fully saturated rings. The molecule has 0 spiro atoms. The first-order valence-corrected chi connectivity index (χ1v) is 10.8. The van der Waals surface area contributed by atoms with E-state index < -0.39 is 6.10 Å². The third-order valence-electron chi connectivity index (χ3n) is 5.91. The Labute approximate surface area is 169 Å². The maximum absolute atomic E-state index is 9.80. The molecule has 6 nitrogen and oxygen atoms in total. The summed E-state index contributed by atoms with van der Waals surface area (Å²) in [5, 5.41) is 18.9. The predicted molar refractivity (Wildman–Crippen MR) is 110 cm³/mol. The standard InChI is InChI=1S/C22H36N2O4/c25-18-22(26)20-6-9-24(10-7-20)17-19-4-3-5-21(16-19)28-13-2-1-8-23-11-14-27-15-12-23/h3-5,16,20,22,25-26H,1-2,6-15,17-18H2. The number of nitrogens with zero attached hydrogens (tertiary/aromatic N) is 2. The number of likely N-dealkylation sites (tertiary alicyclic amines) is 1. The Kier molecular flexibility index (Phi) is 9.02. The fourth-order valence-corrected chi connectivity index (χ4v) is 4.09. The van der Waals surface area contributed by atoms with Crippen LogP contribution in [0.2, 0.25) is 0 Å². The Bertz CT molecular complexity index is 557. The Balaban J connectivity index is 1.33. The number of hydrogen-bond donors (Lipinski definition) is 2. The van der Waals surface area contributed by atoms with E-state index >= 15 is 0 Å². The summed E-state index contributed by atoms with van der Waals surface area (Å²) in [6, 6.07) is 8.41. The van der Waals surface area contributed by atoms with Gasteiger partial charge in [-0.05, 0) is 68.9 Å². The average Bonchev–Trinajstić information content (AvgIpc) is 2.74. The van der Waals surface area contributed by atoms with Crippen LogP contribution in [0.3, 0.4) is 0 Å². The highest BCUT2D eigenvalue weighted by molar-refractivity contribution is 5.28. The van der Waals surface area contributed by atoms with Crippen LogP contribution in [0.15, 0.2) is 24.3 Å². The second kappa shape index (κ2) is 11.7. The Morgan fingerprint density at radius 3 is 2.61 bits per heavy atom. The molecule has 2 saturated heterocycles. The van der Waals surface area contributed by atoms with Crippen molar-refractivity contribution in [2.75, 3.05) is 59.2 Å². The molecule has 0 radical (unpaired) electrons. The molecule has 158 valence electrons. The third kappa shape index (κ3) is 7.01. The van der Waals surface area contributed by atoms with Crippen LogP contribution in [0.4, 0.5) is 0 Å². The highest BCUT2D eigenvalue weighted by atomic mass is 16.5. The van der Waals surface area contributed by atoms with Crippen molar-refractivity contribution < 1.29 is 19.7 Å². The van der Waals surface area contributed by atoms with Crippen molar-refractivity contribution in [3.05, 3.63) is 29.8 Å². The quantitative estimate of drug-likeness (QED) is 0.592. The van der Waals surface area contributed by atoms with Gasteiger partial charge in [-0.25, -0.2) is 0 Å². The van der Waals surface area contributed by atoms with Crippen LogP contribution >= 0.6 is 0 Å². The van der Waals surface area contributed by atoms with Gasteiger partial charge in [0, 0.05) is 19.6 Å². The number of ether oxygens (including phenoxy) is 2. The first kappa shape index (κ1) is 21.5. The molecule has 0 aliphatic carbocycles. The number of benzene rings is 1. The molecule has 6 heteroatoms. The van der Waals surface area contributed by atoms with Crippen molar-refractivity contribution in [1.82, 2.24) is 9.80 Å². The number of aliphatic hydroxyl groups is 2. The van der Waals surface area contributed by atoms with Crippen molar-refractivity contribution in [2.45, 2.75) is 38.3 Å². The molecule has 1 atom stereocenters. The summed E-state index contributed by atoms with van der Waals surface area (Å²) in [4.78, 5) is 4.88. The van der Waals surface area contributed by atoms with Crippen LogP contribution in [-0.2, 0) is 11.3 Å². The van der Waals surface area contributed by atoms with E-state index in [1.807, 2.05) is 6.07 Å². The lowest BCUT2D eigenvalue weighted by Crippen LogP contribution is -2.38. The molecule has 28 heavy (non-hydrogen) atoms. The maximum Gasteiger partial charge on any atom is 0.119 e. The molecule has 0 aromatic heterocycles. The van der Waals surface area contributed by atoms with Gasteiger partial charge in [0.05, 0.1) is 32.5 Å². The second-order valence-corrected chi connectivity index (χ2v) is 8.02. The van der Waals surface area contributed by atoms with Gasteiger partial charge in [0.2, 0.25) is 0 Å². The summed E-state index contributed by atoms with van der Waals surface area (Å²) in [7, 11) is 0. The van der Waals surface area contributed by atoms with E-state index in [-0.39, 0.29) is 12.5 Å². The Morgan fingerprint density at radius 2 is 1.86 bits per heavy atom. The summed E-state index contributed by atoms with van der Waals surface area (Å²) in [6.45, 7) is 8.45. The lowest BCUT2D eigenvalue weighted by atomic mass is 9.91. The van der Waals surface area contributed by atoms with Crippen molar-refractivity contribution in [3.8, 4) is 5.75 Å². The summed E-state index contributed by atoms with van der Waals surface area (Å²) in [5.41, 5.74) is 1.27. The van der Waals surface area contributed by atoms with Gasteiger partial charge in [-0.2, -0.15) is 0 Å². The van der Waals surface area contributed by atoms with Crippen molar-refractivity contribution >= 4 is 0 Å². The topological polar surface area (TPSA) is 65.4 Å². The van der Waals surface area contributed by atoms with Gasteiger partial charge >= 0.3 is 0 Å². The minimum Gasteiger partial charge on any atom is -0.494 e. The lowest BCUT2D eigenvalue weighted by molar-refractivity contribution is 0.0172. The molecular weight excluding hydrogens is 356 g/mol. The van der Waals surface area contributed by atoms with Gasteiger partial charge in [-0.15, -0.1) is 0 Å². The van der Waals surface area contributed by atoms with Crippen LogP contribution in [0.25, 0.3) is 0 Å². The van der Waals surface area contributed by atoms with Crippen molar-refractivity contribution in [3.63, 3.8) is 0 Å². The Morgan fingerprint density at radius 1 is 1.07 bits per heavy atom. The van der Waals surface area contributed by atoms with Crippen LogP contribution in [0, 0.1) is 5.92 Å². The van der Waals surface area contributed by atoms with Gasteiger partial charge < -0.3 is 19.7 Å². The number of unbranched alkanes of at least 4 members (excludes halogenated alkanes) is 1. The fraction of sp³-hybridized carbons (Fsp3) is 0.727. The minimum atomic E-state index is -0.567. The lowest BCUT2D eigenvalue weighted by Gasteiger charge is -2.33. The number of morpholine rings is 1.